The third-order valence-electron chi connectivity index (χ3n) is 5.03. The monoisotopic (exact) mass is 348 g/mol. The van der Waals surface area contributed by atoms with E-state index in [0.29, 0.717) is 0 Å². The van der Waals surface area contributed by atoms with Gasteiger partial charge in [-0.05, 0) is 55.5 Å². The zero-order chi connectivity index (χ0) is 18.0. The summed E-state index contributed by atoms with van der Waals surface area (Å²) in [4.78, 5) is 14.4. The van der Waals surface area contributed by atoms with Gasteiger partial charge in [0.15, 0.2) is 0 Å². The number of nitrogens with zero attached hydrogens (tertiary/aromatic N) is 1. The number of carbonyl (C=O) groups is 1. The molecule has 0 radical (unpaired) electrons. The van der Waals surface area contributed by atoms with Crippen LogP contribution in [-0.2, 0) is 11.3 Å². The Morgan fingerprint density at radius 3 is 2.35 bits per heavy atom. The SMILES string of the molecule is O=C(C=Cc1ccccc1)NCCC1CCN(Cc2ccccc2)CC1. The van der Waals surface area contributed by atoms with Crippen molar-refractivity contribution in [2.24, 2.45) is 5.92 Å². The van der Waals surface area contributed by atoms with E-state index in [9.17, 15) is 4.79 Å². The predicted octanol–water partition coefficient (Wildman–Crippen LogP) is 4.12. The highest BCUT2D eigenvalue weighted by atomic mass is 16.1. The second-order valence-corrected chi connectivity index (χ2v) is 7.03. The van der Waals surface area contributed by atoms with Crippen LogP contribution < -0.4 is 5.32 Å². The first kappa shape index (κ1) is 18.4. The van der Waals surface area contributed by atoms with Gasteiger partial charge in [-0.15, -0.1) is 0 Å². The van der Waals surface area contributed by atoms with E-state index in [0.717, 1.165) is 44.1 Å². The highest BCUT2D eigenvalue weighted by Gasteiger charge is 2.18. The van der Waals surface area contributed by atoms with Gasteiger partial charge >= 0.3 is 0 Å². The van der Waals surface area contributed by atoms with Gasteiger partial charge in [-0.2, -0.15) is 0 Å². The molecule has 2 aromatic rings. The smallest absolute Gasteiger partial charge is 0.243 e. The number of hydrogen-bond donors (Lipinski definition) is 1. The van der Waals surface area contributed by atoms with Gasteiger partial charge in [0.25, 0.3) is 0 Å². The number of carbonyl (C=O) groups excluding carboxylic acids is 1. The summed E-state index contributed by atoms with van der Waals surface area (Å²) in [6.07, 6.45) is 7.00. The van der Waals surface area contributed by atoms with Crippen LogP contribution in [0.3, 0.4) is 0 Å². The van der Waals surface area contributed by atoms with Crippen LogP contribution in [0.25, 0.3) is 6.08 Å². The number of hydrogen-bond acceptors (Lipinski definition) is 2. The van der Waals surface area contributed by atoms with Crippen LogP contribution >= 0.6 is 0 Å². The first-order chi connectivity index (χ1) is 12.8. The van der Waals surface area contributed by atoms with E-state index in [2.05, 4.69) is 40.5 Å². The maximum absolute atomic E-state index is 11.9. The largest absolute Gasteiger partial charge is 0.353 e. The molecule has 0 aliphatic carbocycles. The molecular weight excluding hydrogens is 320 g/mol. The van der Waals surface area contributed by atoms with Crippen molar-refractivity contribution in [3.05, 3.63) is 77.9 Å². The average Bonchev–Trinajstić information content (AvgIpc) is 2.69. The average molecular weight is 348 g/mol. The third-order valence-corrected chi connectivity index (χ3v) is 5.03. The Morgan fingerprint density at radius 2 is 1.65 bits per heavy atom. The topological polar surface area (TPSA) is 32.3 Å². The van der Waals surface area contributed by atoms with E-state index in [1.54, 1.807) is 6.08 Å². The lowest BCUT2D eigenvalue weighted by molar-refractivity contribution is -0.116. The minimum Gasteiger partial charge on any atom is -0.353 e. The summed E-state index contributed by atoms with van der Waals surface area (Å²) in [6.45, 7) is 4.12. The third kappa shape index (κ3) is 6.16. The molecule has 136 valence electrons. The van der Waals surface area contributed by atoms with Gasteiger partial charge in [-0.3, -0.25) is 9.69 Å². The Morgan fingerprint density at radius 1 is 1.00 bits per heavy atom. The molecule has 0 bridgehead atoms. The molecule has 1 fully saturated rings. The Kier molecular flexibility index (Phi) is 7.03. The van der Waals surface area contributed by atoms with Crippen molar-refractivity contribution in [1.82, 2.24) is 10.2 Å². The highest BCUT2D eigenvalue weighted by Crippen LogP contribution is 2.21. The Balaban J connectivity index is 1.31. The fourth-order valence-electron chi connectivity index (χ4n) is 3.47. The fraction of sp³-hybridized carbons (Fsp3) is 0.348. The summed E-state index contributed by atoms with van der Waals surface area (Å²) >= 11 is 0. The second-order valence-electron chi connectivity index (χ2n) is 7.03. The van der Waals surface area contributed by atoms with Crippen molar-refractivity contribution in [2.75, 3.05) is 19.6 Å². The standard InChI is InChI=1S/C23H28N2O/c26-23(12-11-20-7-3-1-4-8-20)24-16-13-21-14-17-25(18-15-21)19-22-9-5-2-6-10-22/h1-12,21H,13-19H2,(H,24,26). The van der Waals surface area contributed by atoms with Gasteiger partial charge < -0.3 is 5.32 Å². The van der Waals surface area contributed by atoms with Crippen LogP contribution in [0, 0.1) is 5.92 Å². The molecule has 0 unspecified atom stereocenters. The van der Waals surface area contributed by atoms with Gasteiger partial charge in [-0.25, -0.2) is 0 Å². The summed E-state index contributed by atoms with van der Waals surface area (Å²) in [5.74, 6) is 0.718. The molecule has 0 atom stereocenters. The van der Waals surface area contributed by atoms with Crippen molar-refractivity contribution in [3.63, 3.8) is 0 Å². The van der Waals surface area contributed by atoms with Crippen LogP contribution in [-0.4, -0.2) is 30.4 Å². The number of likely N-dealkylation sites (tertiary alicyclic amines) is 1. The van der Waals surface area contributed by atoms with Crippen molar-refractivity contribution in [3.8, 4) is 0 Å². The zero-order valence-electron chi connectivity index (χ0n) is 15.3. The van der Waals surface area contributed by atoms with E-state index in [1.807, 2.05) is 36.4 Å². The van der Waals surface area contributed by atoms with Crippen LogP contribution in [0.15, 0.2) is 66.7 Å². The summed E-state index contributed by atoms with van der Waals surface area (Å²) < 4.78 is 0. The molecule has 2 aromatic carbocycles. The maximum Gasteiger partial charge on any atom is 0.243 e. The molecular formula is C23H28N2O. The number of benzene rings is 2. The second kappa shape index (κ2) is 9.93. The van der Waals surface area contributed by atoms with E-state index >= 15 is 0 Å². The highest BCUT2D eigenvalue weighted by molar-refractivity contribution is 5.91. The minimum absolute atomic E-state index is 0.00429. The lowest BCUT2D eigenvalue weighted by Gasteiger charge is -2.32. The minimum atomic E-state index is -0.00429. The number of piperidine rings is 1. The fourth-order valence-corrected chi connectivity index (χ4v) is 3.47. The van der Waals surface area contributed by atoms with Gasteiger partial charge in [0.05, 0.1) is 0 Å². The van der Waals surface area contributed by atoms with Crippen molar-refractivity contribution >= 4 is 12.0 Å². The molecule has 1 saturated heterocycles. The molecule has 3 rings (SSSR count). The first-order valence-electron chi connectivity index (χ1n) is 9.57. The summed E-state index contributed by atoms with van der Waals surface area (Å²) in [5, 5.41) is 3.01. The number of amides is 1. The van der Waals surface area contributed by atoms with Crippen LogP contribution in [0.4, 0.5) is 0 Å². The van der Waals surface area contributed by atoms with Crippen molar-refractivity contribution < 1.29 is 4.79 Å². The summed E-state index contributed by atoms with van der Waals surface area (Å²) in [5.41, 5.74) is 2.44. The Labute approximate surface area is 156 Å². The van der Waals surface area contributed by atoms with Crippen LogP contribution in [0.5, 0.6) is 0 Å². The normalized spacial score (nSPS) is 16.0. The summed E-state index contributed by atoms with van der Waals surface area (Å²) in [7, 11) is 0. The van der Waals surface area contributed by atoms with Gasteiger partial charge in [0.2, 0.25) is 5.91 Å². The Bertz CT molecular complexity index is 689. The van der Waals surface area contributed by atoms with Crippen LogP contribution in [0.1, 0.15) is 30.4 Å². The molecule has 3 nitrogen and oxygen atoms in total. The van der Waals surface area contributed by atoms with Gasteiger partial charge in [-0.1, -0.05) is 60.7 Å². The summed E-state index contributed by atoms with van der Waals surface area (Å²) in [6, 6.07) is 20.6. The zero-order valence-corrected chi connectivity index (χ0v) is 15.3. The predicted molar refractivity (Wildman–Crippen MR) is 108 cm³/mol. The quantitative estimate of drug-likeness (QED) is 0.764. The van der Waals surface area contributed by atoms with Gasteiger partial charge in [0.1, 0.15) is 0 Å². The maximum atomic E-state index is 11.9. The molecule has 1 amide bonds. The van der Waals surface area contributed by atoms with Crippen molar-refractivity contribution in [2.45, 2.75) is 25.8 Å². The molecule has 0 spiro atoms. The van der Waals surface area contributed by atoms with E-state index < -0.39 is 0 Å². The molecule has 0 aromatic heterocycles. The molecule has 3 heteroatoms. The number of rotatable bonds is 7. The van der Waals surface area contributed by atoms with E-state index in [4.69, 9.17) is 0 Å². The number of nitrogens with one attached hydrogen (secondary N) is 1. The lowest BCUT2D eigenvalue weighted by atomic mass is 9.93. The molecule has 1 heterocycles. The van der Waals surface area contributed by atoms with E-state index in [1.165, 1.54) is 18.4 Å². The molecule has 1 N–H and O–H groups in total. The molecule has 1 aliphatic rings. The first-order valence-corrected chi connectivity index (χ1v) is 9.57. The Hall–Kier alpha value is -2.39. The van der Waals surface area contributed by atoms with Gasteiger partial charge in [0, 0.05) is 19.2 Å². The molecule has 1 aliphatic heterocycles. The van der Waals surface area contributed by atoms with E-state index in [-0.39, 0.29) is 5.91 Å². The molecule has 0 saturated carbocycles. The lowest BCUT2D eigenvalue weighted by Crippen LogP contribution is -2.34. The molecule has 26 heavy (non-hydrogen) atoms. The van der Waals surface area contributed by atoms with Crippen LogP contribution in [0.2, 0.25) is 0 Å². The van der Waals surface area contributed by atoms with Crippen molar-refractivity contribution in [1.29, 1.82) is 0 Å².